The van der Waals surface area contributed by atoms with Gasteiger partial charge < -0.3 is 14.8 Å². The van der Waals surface area contributed by atoms with Crippen LogP contribution in [-0.2, 0) is 16.6 Å². The van der Waals surface area contributed by atoms with Crippen LogP contribution < -0.4 is 14.8 Å². The van der Waals surface area contributed by atoms with E-state index in [1.807, 2.05) is 18.2 Å². The van der Waals surface area contributed by atoms with E-state index >= 15 is 0 Å². The molecule has 5 heteroatoms. The van der Waals surface area contributed by atoms with Crippen LogP contribution in [-0.4, -0.2) is 26.2 Å². The minimum absolute atomic E-state index is 0.0214. The molecule has 1 saturated carbocycles. The van der Waals surface area contributed by atoms with Crippen LogP contribution in [0.4, 0.5) is 0 Å². The molecule has 1 unspecified atom stereocenters. The summed E-state index contributed by atoms with van der Waals surface area (Å²) in [5.41, 5.74) is 2.26. The summed E-state index contributed by atoms with van der Waals surface area (Å²) in [6.45, 7) is 2.10. The predicted octanol–water partition coefficient (Wildman–Crippen LogP) is 4.25. The van der Waals surface area contributed by atoms with Gasteiger partial charge >= 0.3 is 0 Å². The molecule has 1 atom stereocenters. The molecule has 138 valence electrons. The zero-order chi connectivity index (χ0) is 18.7. The third-order valence-electron chi connectivity index (χ3n) is 5.23. The average molecular weight is 418 g/mol. The average Bonchev–Trinajstić information content (AvgIpc) is 3.44. The number of carbonyl (C=O) groups excluding carboxylic acids is 1. The Bertz CT molecular complexity index is 784. The van der Waals surface area contributed by atoms with Crippen molar-refractivity contribution in [3.8, 4) is 11.5 Å². The molecule has 0 bridgehead atoms. The fourth-order valence-electron chi connectivity index (χ4n) is 3.49. The number of carbonyl (C=O) groups is 1. The van der Waals surface area contributed by atoms with Gasteiger partial charge in [0.1, 0.15) is 0 Å². The number of amides is 1. The fraction of sp³-hybridized carbons (Fsp3) is 0.381. The summed E-state index contributed by atoms with van der Waals surface area (Å²) in [6, 6.07) is 14.1. The first kappa shape index (κ1) is 18.8. The van der Waals surface area contributed by atoms with Gasteiger partial charge in [0, 0.05) is 15.9 Å². The standard InChI is InChI=1S/C21H24BrNO3/c1-14(21(10-11-21)16-5-7-17(22)8-6-16)23-20(24)13-15-4-9-18(25-2)19(12-15)26-3/h4-9,12,14H,10-11,13H2,1-3H3,(H,23,24). The fourth-order valence-corrected chi connectivity index (χ4v) is 3.76. The van der Waals surface area contributed by atoms with E-state index in [1.165, 1.54) is 5.56 Å². The Morgan fingerprint density at radius 3 is 2.35 bits per heavy atom. The molecular weight excluding hydrogens is 394 g/mol. The highest BCUT2D eigenvalue weighted by Gasteiger charge is 2.49. The lowest BCUT2D eigenvalue weighted by atomic mass is 9.89. The van der Waals surface area contributed by atoms with Crippen LogP contribution in [0.15, 0.2) is 46.9 Å². The molecule has 2 aromatic rings. The maximum atomic E-state index is 12.5. The number of hydrogen-bond donors (Lipinski definition) is 1. The summed E-state index contributed by atoms with van der Waals surface area (Å²) in [7, 11) is 3.20. The maximum absolute atomic E-state index is 12.5. The monoisotopic (exact) mass is 417 g/mol. The Kier molecular flexibility index (Phi) is 5.56. The van der Waals surface area contributed by atoms with Gasteiger partial charge in [-0.3, -0.25) is 4.79 Å². The van der Waals surface area contributed by atoms with Crippen molar-refractivity contribution in [1.29, 1.82) is 0 Å². The minimum atomic E-state index is 0.0214. The number of rotatable bonds is 7. The van der Waals surface area contributed by atoms with E-state index in [9.17, 15) is 4.79 Å². The predicted molar refractivity (Wildman–Crippen MR) is 106 cm³/mol. The van der Waals surface area contributed by atoms with E-state index < -0.39 is 0 Å². The summed E-state index contributed by atoms with van der Waals surface area (Å²) in [5.74, 6) is 1.32. The van der Waals surface area contributed by atoms with E-state index in [-0.39, 0.29) is 17.4 Å². The van der Waals surface area contributed by atoms with Crippen LogP contribution in [0.3, 0.4) is 0 Å². The molecule has 0 spiro atoms. The lowest BCUT2D eigenvalue weighted by molar-refractivity contribution is -0.121. The Morgan fingerprint density at radius 2 is 1.77 bits per heavy atom. The summed E-state index contributed by atoms with van der Waals surface area (Å²) >= 11 is 3.48. The van der Waals surface area contributed by atoms with E-state index in [1.54, 1.807) is 14.2 Å². The van der Waals surface area contributed by atoms with E-state index in [2.05, 4.69) is 52.4 Å². The van der Waals surface area contributed by atoms with Gasteiger partial charge in [-0.05, 0) is 55.2 Å². The van der Waals surface area contributed by atoms with Crippen molar-refractivity contribution in [2.24, 2.45) is 0 Å². The Labute approximate surface area is 163 Å². The van der Waals surface area contributed by atoms with E-state index in [0.717, 1.165) is 22.9 Å². The molecule has 1 N–H and O–H groups in total. The molecule has 1 aliphatic carbocycles. The first-order valence-corrected chi connectivity index (χ1v) is 9.54. The van der Waals surface area contributed by atoms with Gasteiger partial charge in [0.05, 0.1) is 20.6 Å². The van der Waals surface area contributed by atoms with Gasteiger partial charge in [-0.2, -0.15) is 0 Å². The normalized spacial score (nSPS) is 15.8. The molecule has 1 aliphatic rings. The van der Waals surface area contributed by atoms with Gasteiger partial charge in [0.25, 0.3) is 0 Å². The molecule has 0 aromatic heterocycles. The molecule has 2 aromatic carbocycles. The molecule has 26 heavy (non-hydrogen) atoms. The van der Waals surface area contributed by atoms with Gasteiger partial charge in [0.15, 0.2) is 11.5 Å². The SMILES string of the molecule is COc1ccc(CC(=O)NC(C)C2(c3ccc(Br)cc3)CC2)cc1OC. The van der Waals surface area contributed by atoms with E-state index in [0.29, 0.717) is 17.9 Å². The topological polar surface area (TPSA) is 47.6 Å². The Balaban J connectivity index is 1.65. The third-order valence-corrected chi connectivity index (χ3v) is 5.76. The molecule has 0 aliphatic heterocycles. The number of ether oxygens (including phenoxy) is 2. The van der Waals surface area contributed by atoms with Crippen LogP contribution >= 0.6 is 15.9 Å². The number of halogens is 1. The first-order chi connectivity index (χ1) is 12.5. The summed E-state index contributed by atoms with van der Waals surface area (Å²) in [6.07, 6.45) is 2.53. The summed E-state index contributed by atoms with van der Waals surface area (Å²) in [4.78, 5) is 12.5. The molecule has 1 amide bonds. The van der Waals surface area contributed by atoms with Crippen LogP contribution in [0.2, 0.25) is 0 Å². The molecule has 0 heterocycles. The zero-order valence-electron chi connectivity index (χ0n) is 15.3. The van der Waals surface area contributed by atoms with Crippen LogP contribution in [0.25, 0.3) is 0 Å². The highest BCUT2D eigenvalue weighted by molar-refractivity contribution is 9.10. The van der Waals surface area contributed by atoms with Gasteiger partial charge in [-0.25, -0.2) is 0 Å². The van der Waals surface area contributed by atoms with Gasteiger partial charge in [0.2, 0.25) is 5.91 Å². The lowest BCUT2D eigenvalue weighted by Gasteiger charge is -2.25. The molecule has 0 saturated heterocycles. The van der Waals surface area contributed by atoms with Crippen molar-refractivity contribution in [3.05, 3.63) is 58.1 Å². The summed E-state index contributed by atoms with van der Waals surface area (Å²) < 4.78 is 11.6. The summed E-state index contributed by atoms with van der Waals surface area (Å²) in [5, 5.41) is 3.19. The Morgan fingerprint density at radius 1 is 1.12 bits per heavy atom. The highest BCUT2D eigenvalue weighted by atomic mass is 79.9. The molecule has 0 radical (unpaired) electrons. The molecule has 1 fully saturated rings. The second-order valence-electron chi connectivity index (χ2n) is 6.82. The smallest absolute Gasteiger partial charge is 0.224 e. The zero-order valence-corrected chi connectivity index (χ0v) is 16.9. The van der Waals surface area contributed by atoms with Crippen LogP contribution in [0.5, 0.6) is 11.5 Å². The third kappa shape index (κ3) is 3.88. The minimum Gasteiger partial charge on any atom is -0.493 e. The van der Waals surface area contributed by atoms with Crippen molar-refractivity contribution in [2.75, 3.05) is 14.2 Å². The van der Waals surface area contributed by atoms with Crippen molar-refractivity contribution in [2.45, 2.75) is 37.6 Å². The molecular formula is C21H24BrNO3. The van der Waals surface area contributed by atoms with E-state index in [4.69, 9.17) is 9.47 Å². The maximum Gasteiger partial charge on any atom is 0.224 e. The lowest BCUT2D eigenvalue weighted by Crippen LogP contribution is -2.42. The highest BCUT2D eigenvalue weighted by Crippen LogP contribution is 2.51. The first-order valence-electron chi connectivity index (χ1n) is 8.75. The quantitative estimate of drug-likeness (QED) is 0.732. The number of hydrogen-bond acceptors (Lipinski definition) is 3. The Hall–Kier alpha value is -2.01. The van der Waals surface area contributed by atoms with Crippen LogP contribution in [0, 0.1) is 0 Å². The molecule has 4 nitrogen and oxygen atoms in total. The number of nitrogens with one attached hydrogen (secondary N) is 1. The number of benzene rings is 2. The van der Waals surface area contributed by atoms with Gasteiger partial charge in [-0.15, -0.1) is 0 Å². The second-order valence-corrected chi connectivity index (χ2v) is 7.73. The van der Waals surface area contributed by atoms with Crippen LogP contribution in [0.1, 0.15) is 30.9 Å². The van der Waals surface area contributed by atoms with Crippen molar-refractivity contribution < 1.29 is 14.3 Å². The second kappa shape index (κ2) is 7.70. The van der Waals surface area contributed by atoms with Crippen molar-refractivity contribution in [3.63, 3.8) is 0 Å². The van der Waals surface area contributed by atoms with Gasteiger partial charge in [-0.1, -0.05) is 34.1 Å². The largest absolute Gasteiger partial charge is 0.493 e. The van der Waals surface area contributed by atoms with Crippen molar-refractivity contribution in [1.82, 2.24) is 5.32 Å². The molecule has 3 rings (SSSR count). The van der Waals surface area contributed by atoms with Crippen molar-refractivity contribution >= 4 is 21.8 Å². The number of methoxy groups -OCH3 is 2.